The minimum Gasteiger partial charge on any atom is -0.392 e. The summed E-state index contributed by atoms with van der Waals surface area (Å²) in [6, 6.07) is 3.31. The van der Waals surface area contributed by atoms with Crippen molar-refractivity contribution in [3.05, 3.63) is 35.4 Å². The number of hydrogen-bond acceptors (Lipinski definition) is 2. The summed E-state index contributed by atoms with van der Waals surface area (Å²) < 4.78 is 278. The second-order valence-electron chi connectivity index (χ2n) is 11.1. The summed E-state index contributed by atoms with van der Waals surface area (Å²) in [6.45, 7) is 0.554. The van der Waals surface area contributed by atoms with Gasteiger partial charge in [-0.15, -0.1) is 0 Å². The van der Waals surface area contributed by atoms with Gasteiger partial charge >= 0.3 is 65.4 Å². The quantitative estimate of drug-likeness (QED) is 0.148. The first-order valence-electron chi connectivity index (χ1n) is 13.3. The van der Waals surface area contributed by atoms with Gasteiger partial charge in [-0.3, -0.25) is 0 Å². The van der Waals surface area contributed by atoms with E-state index < -0.39 is 77.9 Å². The van der Waals surface area contributed by atoms with Crippen LogP contribution in [0.1, 0.15) is 67.8 Å². The molecule has 1 aliphatic rings. The Morgan fingerprint density at radius 2 is 0.896 bits per heavy atom. The molecule has 1 saturated carbocycles. The van der Waals surface area contributed by atoms with Crippen LogP contribution in [0.15, 0.2) is 24.3 Å². The molecule has 0 amide bonds. The second-order valence-corrected chi connectivity index (χ2v) is 11.1. The summed E-state index contributed by atoms with van der Waals surface area (Å²) >= 11 is 0. The normalized spacial score (nSPS) is 20.1. The van der Waals surface area contributed by atoms with Crippen LogP contribution in [0.2, 0.25) is 0 Å². The molecule has 0 saturated heterocycles. The topological polar surface area (TPSA) is 26.3 Å². The lowest BCUT2D eigenvalue weighted by molar-refractivity contribution is -0.477. The number of carbonyl (C=O) groups is 1. The minimum atomic E-state index is -9.15. The maximum Gasteiger partial charge on any atom is 0.473 e. The highest BCUT2D eigenvalue weighted by Gasteiger charge is 2.97. The van der Waals surface area contributed by atoms with E-state index in [0.717, 1.165) is 31.4 Å². The largest absolute Gasteiger partial charge is 0.473 e. The zero-order valence-electron chi connectivity index (χ0n) is 23.9. The second kappa shape index (κ2) is 12.3. The van der Waals surface area contributed by atoms with Crippen LogP contribution in [0.5, 0.6) is 0 Å². The van der Waals surface area contributed by atoms with Gasteiger partial charge in [-0.05, 0) is 55.2 Å². The molecule has 0 bridgehead atoms. The smallest absolute Gasteiger partial charge is 0.392 e. The molecule has 48 heavy (non-hydrogen) atoms. The first-order chi connectivity index (χ1) is 21.1. The Morgan fingerprint density at radius 1 is 0.562 bits per heavy atom. The Labute approximate surface area is 256 Å². The fourth-order valence-corrected chi connectivity index (χ4v) is 4.68. The first-order valence-corrected chi connectivity index (χ1v) is 13.3. The highest BCUT2D eigenvalue weighted by molar-refractivity contribution is 5.89. The number of esters is 1. The van der Waals surface area contributed by atoms with Crippen molar-refractivity contribution in [3.8, 4) is 0 Å². The molecule has 1 aromatic carbocycles. The van der Waals surface area contributed by atoms with Crippen LogP contribution in [0.3, 0.4) is 0 Å². The van der Waals surface area contributed by atoms with Gasteiger partial charge in [-0.1, -0.05) is 25.5 Å². The molecule has 2 rings (SSSR count). The highest BCUT2D eigenvalue weighted by Crippen LogP contribution is 2.66. The number of halogens is 20. The van der Waals surface area contributed by atoms with Crippen LogP contribution in [-0.2, 0) is 4.74 Å². The number of rotatable bonds is 13. The predicted molar refractivity (Wildman–Crippen MR) is 122 cm³/mol. The molecule has 0 spiro atoms. The van der Waals surface area contributed by atoms with Crippen molar-refractivity contribution in [2.45, 2.75) is 111 Å². The van der Waals surface area contributed by atoms with Gasteiger partial charge in [0.25, 0.3) is 0 Å². The van der Waals surface area contributed by atoms with Gasteiger partial charge in [0.05, 0.1) is 5.56 Å². The van der Waals surface area contributed by atoms with Gasteiger partial charge in [-0.25, -0.2) is 4.79 Å². The molecule has 0 aliphatic heterocycles. The third kappa shape index (κ3) is 6.03. The van der Waals surface area contributed by atoms with E-state index >= 15 is 0 Å². The lowest BCUT2D eigenvalue weighted by atomic mass is 9.78. The SMILES string of the molecule is CCC1CCC(c2ccc(C(=O)OC(F)(F)C(F)(F)C(F)(F)C(F)(F)C(F)(F)C(F)(F)C(F)(F)C(F)(F)C(F)(F)C(C)(F)F)cc2)CC1. The Kier molecular flexibility index (Phi) is 10.6. The fraction of sp³-hybridized carbons (Fsp3) is 0.731. The van der Waals surface area contributed by atoms with Gasteiger partial charge in [0.15, 0.2) is 0 Å². The van der Waals surface area contributed by atoms with Crippen molar-refractivity contribution in [1.29, 1.82) is 0 Å². The Bertz CT molecular complexity index is 1290. The lowest BCUT2D eigenvalue weighted by Crippen LogP contribution is -2.77. The van der Waals surface area contributed by atoms with E-state index in [1.807, 2.05) is 6.92 Å². The third-order valence-electron chi connectivity index (χ3n) is 7.94. The Hall–Kier alpha value is -2.71. The molecule has 0 N–H and O–H groups in total. The molecular formula is C26H22F20O2. The molecule has 22 heteroatoms. The zero-order chi connectivity index (χ0) is 38.0. The summed E-state index contributed by atoms with van der Waals surface area (Å²) in [5, 5.41) is 0. The van der Waals surface area contributed by atoms with E-state index in [-0.39, 0.29) is 5.92 Å². The van der Waals surface area contributed by atoms with Gasteiger partial charge in [0, 0.05) is 6.92 Å². The summed E-state index contributed by atoms with van der Waals surface area (Å²) in [6.07, 6.45) is -3.81. The first kappa shape index (κ1) is 41.5. The van der Waals surface area contributed by atoms with Crippen LogP contribution >= 0.6 is 0 Å². The van der Waals surface area contributed by atoms with Gasteiger partial charge in [-0.2, -0.15) is 87.8 Å². The maximum atomic E-state index is 14.1. The van der Waals surface area contributed by atoms with Crippen LogP contribution in [-0.4, -0.2) is 65.4 Å². The van der Waals surface area contributed by atoms with Crippen LogP contribution < -0.4 is 0 Å². The summed E-state index contributed by atoms with van der Waals surface area (Å²) in [4.78, 5) is 12.0. The van der Waals surface area contributed by atoms with E-state index in [0.29, 0.717) is 36.5 Å². The maximum absolute atomic E-state index is 14.1. The van der Waals surface area contributed by atoms with Gasteiger partial charge in [0.2, 0.25) is 0 Å². The van der Waals surface area contributed by atoms with E-state index in [9.17, 15) is 92.6 Å². The molecule has 0 heterocycles. The molecule has 1 aliphatic carbocycles. The monoisotopic (exact) mass is 746 g/mol. The Morgan fingerprint density at radius 3 is 1.23 bits per heavy atom. The molecule has 0 radical (unpaired) electrons. The van der Waals surface area contributed by atoms with E-state index in [1.165, 1.54) is 0 Å². The molecule has 1 fully saturated rings. The Balaban J connectivity index is 2.44. The van der Waals surface area contributed by atoms with Crippen molar-refractivity contribution in [2.75, 3.05) is 0 Å². The van der Waals surface area contributed by atoms with Crippen molar-refractivity contribution in [2.24, 2.45) is 5.92 Å². The van der Waals surface area contributed by atoms with Crippen LogP contribution in [0.25, 0.3) is 0 Å². The van der Waals surface area contributed by atoms with E-state index in [2.05, 4.69) is 4.74 Å². The van der Waals surface area contributed by atoms with Gasteiger partial charge in [0.1, 0.15) is 0 Å². The molecule has 0 unspecified atom stereocenters. The molecule has 2 nitrogen and oxygen atoms in total. The third-order valence-corrected chi connectivity index (χ3v) is 7.94. The average molecular weight is 746 g/mol. The van der Waals surface area contributed by atoms with Crippen molar-refractivity contribution in [3.63, 3.8) is 0 Å². The zero-order valence-corrected chi connectivity index (χ0v) is 23.9. The number of ether oxygens (including phenoxy) is 1. The number of alkyl halides is 20. The van der Waals surface area contributed by atoms with Gasteiger partial charge < -0.3 is 4.74 Å². The highest BCUT2D eigenvalue weighted by atomic mass is 19.4. The summed E-state index contributed by atoms with van der Waals surface area (Å²) in [5.41, 5.74) is -0.728. The van der Waals surface area contributed by atoms with Crippen LogP contribution in [0.4, 0.5) is 87.8 Å². The molecule has 278 valence electrons. The van der Waals surface area contributed by atoms with Crippen molar-refractivity contribution >= 4 is 5.97 Å². The molecule has 0 atom stereocenters. The molecular weight excluding hydrogens is 724 g/mol. The minimum absolute atomic E-state index is 0.151. The predicted octanol–water partition coefficient (Wildman–Crippen LogP) is 10.9. The van der Waals surface area contributed by atoms with E-state index in [4.69, 9.17) is 0 Å². The van der Waals surface area contributed by atoms with Crippen molar-refractivity contribution in [1.82, 2.24) is 0 Å². The number of hydrogen-bond donors (Lipinski definition) is 0. The summed E-state index contributed by atoms with van der Waals surface area (Å²) in [5.74, 6) is -78.7. The lowest BCUT2D eigenvalue weighted by Gasteiger charge is -2.44. The standard InChI is InChI=1S/C26H22F20O2/c1-3-12-4-6-13(7-5-12)14-8-10-15(11-9-14)16(47)48-26(45,46)25(43,44)24(41,42)23(39,40)22(37,38)21(35,36)20(33,34)19(31,32)18(29,30)17(2,27)28/h8-13H,3-7H2,1-2H3. The number of carbonyl (C=O) groups excluding carboxylic acids is 1. The van der Waals surface area contributed by atoms with Crippen molar-refractivity contribution < 1.29 is 97.3 Å². The average Bonchev–Trinajstić information content (AvgIpc) is 2.95. The fourth-order valence-electron chi connectivity index (χ4n) is 4.68. The summed E-state index contributed by atoms with van der Waals surface area (Å²) in [7, 11) is 0. The van der Waals surface area contributed by atoms with Crippen LogP contribution in [0, 0.1) is 5.92 Å². The molecule has 1 aromatic rings. The number of benzene rings is 1. The van der Waals surface area contributed by atoms with E-state index in [1.54, 1.807) is 0 Å². The molecule has 0 aromatic heterocycles.